The van der Waals surface area contributed by atoms with E-state index in [1.54, 1.807) is 6.92 Å². The lowest BCUT2D eigenvalue weighted by molar-refractivity contribution is -0.164. The molecule has 1 fully saturated rings. The van der Waals surface area contributed by atoms with Gasteiger partial charge in [-0.3, -0.25) is 4.79 Å². The summed E-state index contributed by atoms with van der Waals surface area (Å²) >= 11 is 12.4. The number of aliphatic hydroxyl groups is 3. The van der Waals surface area contributed by atoms with Crippen molar-refractivity contribution >= 4 is 29.1 Å². The van der Waals surface area contributed by atoms with Crippen molar-refractivity contribution in [2.75, 3.05) is 6.61 Å². The highest BCUT2D eigenvalue weighted by Gasteiger charge is 2.51. The molecule has 0 aromatic heterocycles. The fourth-order valence-electron chi connectivity index (χ4n) is 5.57. The molecule has 0 radical (unpaired) electrons. The molecule has 0 saturated carbocycles. The van der Waals surface area contributed by atoms with Crippen LogP contribution in [0, 0.1) is 11.3 Å². The van der Waals surface area contributed by atoms with Gasteiger partial charge in [0, 0.05) is 15.5 Å². The van der Waals surface area contributed by atoms with Crippen LogP contribution in [0.2, 0.25) is 10.0 Å². The average Bonchev–Trinajstić information content (AvgIpc) is 2.78. The molecule has 3 N–H and O–H groups in total. The predicted molar refractivity (Wildman–Crippen MR) is 136 cm³/mol. The van der Waals surface area contributed by atoms with Crippen LogP contribution in [0.5, 0.6) is 0 Å². The SMILES string of the molecule is CC[C@@H]([C@H](C)O)N1C(=O)[C@@](C)(C[C@@H](O)CO)C[C@H](Cc2cccc(Cl)c2)[C@H]1c1ccc(Cl)cc1. The highest BCUT2D eigenvalue weighted by molar-refractivity contribution is 6.30. The van der Waals surface area contributed by atoms with E-state index in [1.807, 2.05) is 67.3 Å². The number of aliphatic hydroxyl groups excluding tert-OH is 3. The fourth-order valence-corrected chi connectivity index (χ4v) is 5.91. The van der Waals surface area contributed by atoms with Crippen LogP contribution in [0.25, 0.3) is 0 Å². The molecule has 0 unspecified atom stereocenters. The molecule has 7 heteroatoms. The molecule has 0 aliphatic carbocycles. The second kappa shape index (κ2) is 11.4. The van der Waals surface area contributed by atoms with Crippen LogP contribution in [0.3, 0.4) is 0 Å². The van der Waals surface area contributed by atoms with Crippen molar-refractivity contribution in [3.05, 3.63) is 69.7 Å². The first-order chi connectivity index (χ1) is 16.1. The topological polar surface area (TPSA) is 81.0 Å². The van der Waals surface area contributed by atoms with E-state index in [-0.39, 0.29) is 24.3 Å². The summed E-state index contributed by atoms with van der Waals surface area (Å²) in [5, 5.41) is 31.8. The van der Waals surface area contributed by atoms with Crippen LogP contribution in [-0.4, -0.2) is 51.0 Å². The largest absolute Gasteiger partial charge is 0.394 e. The molecule has 34 heavy (non-hydrogen) atoms. The van der Waals surface area contributed by atoms with Gasteiger partial charge in [0.15, 0.2) is 0 Å². The van der Waals surface area contributed by atoms with Crippen molar-refractivity contribution in [1.29, 1.82) is 0 Å². The van der Waals surface area contributed by atoms with Crippen molar-refractivity contribution in [3.8, 4) is 0 Å². The van der Waals surface area contributed by atoms with Crippen molar-refractivity contribution in [2.24, 2.45) is 11.3 Å². The number of rotatable bonds is 9. The Morgan fingerprint density at radius 1 is 1.12 bits per heavy atom. The molecule has 186 valence electrons. The number of carbonyl (C=O) groups excluding carboxylic acids is 1. The zero-order valence-electron chi connectivity index (χ0n) is 20.0. The summed E-state index contributed by atoms with van der Waals surface area (Å²) in [5.41, 5.74) is 1.12. The Kier molecular flexibility index (Phi) is 9.04. The average molecular weight is 508 g/mol. The standard InChI is InChI=1S/C27H35Cl2NO4/c1-4-24(17(2)32)30-25(19-8-10-21(28)11-9-19)20(12-18-6-5-7-22(29)13-18)14-27(3,26(30)34)15-23(33)16-31/h5-11,13,17,20,23-25,31-33H,4,12,14-16H2,1-3H3/t17-,20-,23+,24-,25+,27+/m0/s1. The molecule has 2 aromatic carbocycles. The smallest absolute Gasteiger partial charge is 0.229 e. The molecule has 1 amide bonds. The summed E-state index contributed by atoms with van der Waals surface area (Å²) in [6.45, 7) is 5.13. The van der Waals surface area contributed by atoms with E-state index in [2.05, 4.69) is 0 Å². The lowest BCUT2D eigenvalue weighted by Crippen LogP contribution is -2.59. The maximum atomic E-state index is 14.1. The van der Waals surface area contributed by atoms with Crippen LogP contribution >= 0.6 is 23.2 Å². The second-order valence-corrected chi connectivity index (χ2v) is 10.7. The van der Waals surface area contributed by atoms with E-state index in [9.17, 15) is 20.1 Å². The summed E-state index contributed by atoms with van der Waals surface area (Å²) in [6, 6.07) is 14.6. The molecule has 0 bridgehead atoms. The van der Waals surface area contributed by atoms with Gasteiger partial charge in [-0.25, -0.2) is 0 Å². The number of likely N-dealkylation sites (tertiary alicyclic amines) is 1. The van der Waals surface area contributed by atoms with Gasteiger partial charge in [0.05, 0.1) is 30.9 Å². The van der Waals surface area contributed by atoms with Crippen LogP contribution in [-0.2, 0) is 11.2 Å². The second-order valence-electron chi connectivity index (χ2n) is 9.82. The predicted octanol–water partition coefficient (Wildman–Crippen LogP) is 5.03. The van der Waals surface area contributed by atoms with Gasteiger partial charge < -0.3 is 20.2 Å². The van der Waals surface area contributed by atoms with Crippen molar-refractivity contribution in [2.45, 2.75) is 70.7 Å². The Labute approximate surface area is 212 Å². The number of hydrogen-bond acceptors (Lipinski definition) is 4. The van der Waals surface area contributed by atoms with Gasteiger partial charge in [0.2, 0.25) is 5.91 Å². The summed E-state index contributed by atoms with van der Waals surface area (Å²) in [4.78, 5) is 15.9. The van der Waals surface area contributed by atoms with Crippen LogP contribution < -0.4 is 0 Å². The molecule has 1 saturated heterocycles. The first-order valence-electron chi connectivity index (χ1n) is 11.9. The molecule has 2 aromatic rings. The number of halogens is 2. The normalized spacial score (nSPS) is 25.8. The molecule has 5 nitrogen and oxygen atoms in total. The summed E-state index contributed by atoms with van der Waals surface area (Å²) < 4.78 is 0. The quantitative estimate of drug-likeness (QED) is 0.444. The van der Waals surface area contributed by atoms with Gasteiger partial charge in [-0.05, 0) is 73.9 Å². The van der Waals surface area contributed by atoms with Gasteiger partial charge in [0.1, 0.15) is 0 Å². The van der Waals surface area contributed by atoms with E-state index in [4.69, 9.17) is 23.2 Å². The third-order valence-electron chi connectivity index (χ3n) is 7.04. The summed E-state index contributed by atoms with van der Waals surface area (Å²) in [7, 11) is 0. The molecule has 0 spiro atoms. The number of benzene rings is 2. The zero-order chi connectivity index (χ0) is 25.0. The van der Waals surface area contributed by atoms with Crippen LogP contribution in [0.1, 0.15) is 57.2 Å². The van der Waals surface area contributed by atoms with Gasteiger partial charge >= 0.3 is 0 Å². The lowest BCUT2D eigenvalue weighted by Gasteiger charge is -2.53. The van der Waals surface area contributed by atoms with Gasteiger partial charge in [-0.1, -0.05) is 61.3 Å². The third kappa shape index (κ3) is 5.95. The van der Waals surface area contributed by atoms with Gasteiger partial charge in [-0.15, -0.1) is 0 Å². The highest BCUT2D eigenvalue weighted by Crippen LogP contribution is 2.49. The Morgan fingerprint density at radius 2 is 1.79 bits per heavy atom. The molecular formula is C27H35Cl2NO4. The zero-order valence-corrected chi connectivity index (χ0v) is 21.5. The number of hydrogen-bond donors (Lipinski definition) is 3. The first-order valence-corrected chi connectivity index (χ1v) is 12.6. The monoisotopic (exact) mass is 507 g/mol. The van der Waals surface area contributed by atoms with E-state index in [0.29, 0.717) is 29.3 Å². The molecule has 3 rings (SSSR count). The molecule has 1 heterocycles. The van der Waals surface area contributed by atoms with E-state index in [1.165, 1.54) is 0 Å². The first kappa shape index (κ1) is 27.0. The van der Waals surface area contributed by atoms with Gasteiger partial charge in [-0.2, -0.15) is 0 Å². The van der Waals surface area contributed by atoms with Crippen molar-refractivity contribution < 1.29 is 20.1 Å². The fraction of sp³-hybridized carbons (Fsp3) is 0.519. The minimum Gasteiger partial charge on any atom is -0.394 e. The van der Waals surface area contributed by atoms with E-state index < -0.39 is 30.3 Å². The number of piperidine rings is 1. The summed E-state index contributed by atoms with van der Waals surface area (Å²) in [6.07, 6.45) is 0.181. The van der Waals surface area contributed by atoms with E-state index in [0.717, 1.165) is 11.1 Å². The van der Waals surface area contributed by atoms with Gasteiger partial charge in [0.25, 0.3) is 0 Å². The molecule has 6 atom stereocenters. The maximum absolute atomic E-state index is 14.1. The lowest BCUT2D eigenvalue weighted by atomic mass is 9.66. The number of amides is 1. The van der Waals surface area contributed by atoms with E-state index >= 15 is 0 Å². The van der Waals surface area contributed by atoms with Crippen molar-refractivity contribution in [1.82, 2.24) is 4.90 Å². The maximum Gasteiger partial charge on any atom is 0.229 e. The highest BCUT2D eigenvalue weighted by atomic mass is 35.5. The minimum absolute atomic E-state index is 0.0129. The Balaban J connectivity index is 2.15. The third-order valence-corrected chi connectivity index (χ3v) is 7.52. The molecule has 1 aliphatic rings. The van der Waals surface area contributed by atoms with Crippen molar-refractivity contribution in [3.63, 3.8) is 0 Å². The Morgan fingerprint density at radius 3 is 2.35 bits per heavy atom. The van der Waals surface area contributed by atoms with Crippen LogP contribution in [0.4, 0.5) is 0 Å². The van der Waals surface area contributed by atoms with Crippen LogP contribution in [0.15, 0.2) is 48.5 Å². The Bertz CT molecular complexity index is 967. The molecular weight excluding hydrogens is 473 g/mol. The summed E-state index contributed by atoms with van der Waals surface area (Å²) in [5.74, 6) is -0.129. The number of nitrogens with zero attached hydrogens (tertiary/aromatic N) is 1. The Hall–Kier alpha value is -1.63. The molecule has 1 aliphatic heterocycles. The minimum atomic E-state index is -0.999. The number of carbonyl (C=O) groups is 1.